The van der Waals surface area contributed by atoms with Gasteiger partial charge in [-0.3, -0.25) is 0 Å². The van der Waals surface area contributed by atoms with Crippen LogP contribution < -0.4 is 0 Å². The van der Waals surface area contributed by atoms with Gasteiger partial charge in [0.1, 0.15) is 0 Å². The van der Waals surface area contributed by atoms with Crippen molar-refractivity contribution in [3.8, 4) is 84.7 Å². The Balaban J connectivity index is 0.887. The van der Waals surface area contributed by atoms with Gasteiger partial charge in [0.25, 0.3) is 0 Å². The molecule has 0 aliphatic heterocycles. The number of rotatable bonds is 7. The van der Waals surface area contributed by atoms with Crippen LogP contribution in [0, 0.1) is 11.3 Å². The predicted molar refractivity (Wildman–Crippen MR) is 273 cm³/mol. The topological polar surface area (TPSA) is 62.5 Å². The molecule has 0 aliphatic rings. The van der Waals surface area contributed by atoms with E-state index in [1.165, 1.54) is 43.3 Å². The fourth-order valence-corrected chi connectivity index (χ4v) is 9.40. The van der Waals surface area contributed by atoms with Gasteiger partial charge in [-0.1, -0.05) is 206 Å². The van der Waals surface area contributed by atoms with Gasteiger partial charge >= 0.3 is 0 Å². The molecule has 0 radical (unpaired) electrons. The third-order valence-electron chi connectivity index (χ3n) is 12.7. The Morgan fingerprint density at radius 2 is 0.773 bits per heavy atom. The summed E-state index contributed by atoms with van der Waals surface area (Å²) in [4.78, 5) is 15.1. The second kappa shape index (κ2) is 16.3. The highest BCUT2D eigenvalue weighted by atomic mass is 15.0. The molecule has 0 saturated carbocycles. The number of fused-ring (bicyclic) bond motifs is 6. The Hall–Kier alpha value is -9.04. The molecular formula is C62H38N4. The summed E-state index contributed by atoms with van der Waals surface area (Å²) in [6.07, 6.45) is 0. The van der Waals surface area contributed by atoms with Gasteiger partial charge in [-0.15, -0.1) is 0 Å². The molecule has 66 heavy (non-hydrogen) atoms. The maximum absolute atomic E-state index is 10.0. The molecular weight excluding hydrogens is 801 g/mol. The van der Waals surface area contributed by atoms with Gasteiger partial charge in [-0.2, -0.15) is 5.26 Å². The van der Waals surface area contributed by atoms with Crippen molar-refractivity contribution in [1.82, 2.24) is 15.0 Å². The van der Waals surface area contributed by atoms with E-state index in [1.807, 2.05) is 42.5 Å². The normalized spacial score (nSPS) is 11.3. The van der Waals surface area contributed by atoms with E-state index in [9.17, 15) is 5.26 Å². The summed E-state index contributed by atoms with van der Waals surface area (Å²) in [7, 11) is 0. The summed E-state index contributed by atoms with van der Waals surface area (Å²) in [6.45, 7) is 0. The average Bonchev–Trinajstić information content (AvgIpc) is 3.40. The Kier molecular flexibility index (Phi) is 9.51. The number of aromatic nitrogens is 3. The van der Waals surface area contributed by atoms with Crippen molar-refractivity contribution in [3.05, 3.63) is 236 Å². The molecule has 306 valence electrons. The number of benzene rings is 11. The number of hydrogen-bond donors (Lipinski definition) is 0. The summed E-state index contributed by atoms with van der Waals surface area (Å²) in [5, 5.41) is 19.7. The molecule has 12 rings (SSSR count). The van der Waals surface area contributed by atoms with E-state index < -0.39 is 0 Å². The van der Waals surface area contributed by atoms with Crippen LogP contribution in [-0.4, -0.2) is 15.0 Å². The maximum atomic E-state index is 10.0. The van der Waals surface area contributed by atoms with Crippen LogP contribution in [0.4, 0.5) is 0 Å². The highest BCUT2D eigenvalue weighted by Crippen LogP contribution is 2.39. The van der Waals surface area contributed by atoms with Crippen LogP contribution in [0.15, 0.2) is 231 Å². The van der Waals surface area contributed by atoms with E-state index in [-0.39, 0.29) is 0 Å². The molecule has 0 N–H and O–H groups in total. The van der Waals surface area contributed by atoms with Crippen molar-refractivity contribution in [3.63, 3.8) is 0 Å². The zero-order chi connectivity index (χ0) is 44.0. The highest BCUT2D eigenvalue weighted by Gasteiger charge is 2.16. The SMILES string of the molecule is N#Cc1ccc(-c2cccc(-c3ccc(-c4nc(-c5ccccc5)nc(-c5ccc6ccc7ccccc7c6c5)n4)cc3)c2)c(-c2ccc(-c3cccc4ccc5ccccc5c34)cc2)c1. The summed E-state index contributed by atoms with van der Waals surface area (Å²) in [5.41, 5.74) is 12.1. The fraction of sp³-hybridized carbons (Fsp3) is 0. The van der Waals surface area contributed by atoms with Crippen molar-refractivity contribution < 1.29 is 0 Å². The molecule has 0 atom stereocenters. The largest absolute Gasteiger partial charge is 0.208 e. The van der Waals surface area contributed by atoms with Crippen LogP contribution in [0.1, 0.15) is 5.56 Å². The van der Waals surface area contributed by atoms with Gasteiger partial charge in [0.05, 0.1) is 11.6 Å². The molecule has 12 aromatic rings. The smallest absolute Gasteiger partial charge is 0.164 e. The zero-order valence-electron chi connectivity index (χ0n) is 35.7. The third-order valence-corrected chi connectivity index (χ3v) is 12.7. The van der Waals surface area contributed by atoms with Crippen LogP contribution in [-0.2, 0) is 0 Å². The predicted octanol–water partition coefficient (Wildman–Crippen LogP) is 16.0. The highest BCUT2D eigenvalue weighted by molar-refractivity contribution is 6.14. The molecule has 11 aromatic carbocycles. The van der Waals surface area contributed by atoms with Crippen LogP contribution in [0.3, 0.4) is 0 Å². The minimum atomic E-state index is 0.610. The van der Waals surface area contributed by atoms with E-state index in [4.69, 9.17) is 15.0 Å². The molecule has 4 heteroatoms. The van der Waals surface area contributed by atoms with Gasteiger partial charge in [-0.25, -0.2) is 15.0 Å². The quantitative estimate of drug-likeness (QED) is 0.150. The van der Waals surface area contributed by atoms with Crippen LogP contribution in [0.2, 0.25) is 0 Å². The lowest BCUT2D eigenvalue weighted by atomic mass is 9.89. The van der Waals surface area contributed by atoms with Gasteiger partial charge in [0, 0.05) is 16.7 Å². The molecule has 0 saturated heterocycles. The molecule has 4 nitrogen and oxygen atoms in total. The summed E-state index contributed by atoms with van der Waals surface area (Å²) in [6, 6.07) is 83.1. The Morgan fingerprint density at radius 1 is 0.273 bits per heavy atom. The van der Waals surface area contributed by atoms with Crippen LogP contribution >= 0.6 is 0 Å². The number of nitriles is 1. The zero-order valence-corrected chi connectivity index (χ0v) is 35.7. The first-order valence-corrected chi connectivity index (χ1v) is 22.1. The van der Waals surface area contributed by atoms with Gasteiger partial charge in [-0.05, 0) is 112 Å². The number of hydrogen-bond acceptors (Lipinski definition) is 4. The van der Waals surface area contributed by atoms with E-state index >= 15 is 0 Å². The van der Waals surface area contributed by atoms with E-state index in [0.717, 1.165) is 61.0 Å². The summed E-state index contributed by atoms with van der Waals surface area (Å²) in [5.74, 6) is 1.86. The second-order valence-corrected chi connectivity index (χ2v) is 16.7. The van der Waals surface area contributed by atoms with Crippen LogP contribution in [0.5, 0.6) is 0 Å². The van der Waals surface area contributed by atoms with Gasteiger partial charge in [0.2, 0.25) is 0 Å². The summed E-state index contributed by atoms with van der Waals surface area (Å²) >= 11 is 0. The first-order valence-electron chi connectivity index (χ1n) is 22.1. The molecule has 0 amide bonds. The van der Waals surface area contributed by atoms with Crippen molar-refractivity contribution >= 4 is 43.1 Å². The first kappa shape index (κ1) is 38.6. The second-order valence-electron chi connectivity index (χ2n) is 16.7. The summed E-state index contributed by atoms with van der Waals surface area (Å²) < 4.78 is 0. The lowest BCUT2D eigenvalue weighted by Crippen LogP contribution is -2.00. The Labute approximate surface area is 382 Å². The van der Waals surface area contributed by atoms with Crippen molar-refractivity contribution in [2.75, 3.05) is 0 Å². The molecule has 1 aromatic heterocycles. The molecule has 0 bridgehead atoms. The molecule has 0 fully saturated rings. The van der Waals surface area contributed by atoms with E-state index in [1.54, 1.807) is 0 Å². The fourth-order valence-electron chi connectivity index (χ4n) is 9.40. The van der Waals surface area contributed by atoms with Gasteiger partial charge < -0.3 is 0 Å². The molecule has 0 aliphatic carbocycles. The average molecular weight is 839 g/mol. The standard InChI is InChI=1S/C62H38N4/c63-39-40-20-35-54(57(36-40)45-27-24-44(25-28-45)56-19-9-14-47-31-29-43-11-5-7-18-55(43)59(47)56)51-16-8-15-50(37-51)41-21-32-49(33-22-41)61-64-60(48-12-2-1-3-13-48)65-62(66-61)52-34-30-46-26-23-42-10-4-6-17-53(42)58(46)38-52/h1-38H. The molecule has 1 heterocycles. The van der Waals surface area contributed by atoms with Crippen molar-refractivity contribution in [2.24, 2.45) is 0 Å². The van der Waals surface area contributed by atoms with Crippen LogP contribution in [0.25, 0.3) is 122 Å². The van der Waals surface area contributed by atoms with Crippen molar-refractivity contribution in [2.45, 2.75) is 0 Å². The minimum Gasteiger partial charge on any atom is -0.208 e. The lowest BCUT2D eigenvalue weighted by Gasteiger charge is -2.14. The van der Waals surface area contributed by atoms with Crippen molar-refractivity contribution in [1.29, 1.82) is 5.26 Å². The maximum Gasteiger partial charge on any atom is 0.164 e. The molecule has 0 spiro atoms. The minimum absolute atomic E-state index is 0.610. The Bertz CT molecular complexity index is 3870. The number of nitrogens with zero attached hydrogens (tertiary/aromatic N) is 4. The Morgan fingerprint density at radius 3 is 1.52 bits per heavy atom. The van der Waals surface area contributed by atoms with Gasteiger partial charge in [0.15, 0.2) is 17.5 Å². The first-order chi connectivity index (χ1) is 32.6. The monoisotopic (exact) mass is 838 g/mol. The third kappa shape index (κ3) is 7.02. The molecule has 0 unspecified atom stereocenters. The van der Waals surface area contributed by atoms with E-state index in [0.29, 0.717) is 23.0 Å². The lowest BCUT2D eigenvalue weighted by molar-refractivity contribution is 1.07. The van der Waals surface area contributed by atoms with E-state index in [2.05, 4.69) is 194 Å².